The molecule has 0 amide bonds. The van der Waals surface area contributed by atoms with E-state index in [-0.39, 0.29) is 5.69 Å². The van der Waals surface area contributed by atoms with E-state index >= 15 is 0 Å². The van der Waals surface area contributed by atoms with Gasteiger partial charge in [0.1, 0.15) is 5.69 Å². The minimum Gasteiger partial charge on any atom is -0.318 e. The van der Waals surface area contributed by atoms with Gasteiger partial charge in [0.25, 0.3) is 5.56 Å². The van der Waals surface area contributed by atoms with Crippen molar-refractivity contribution in [2.75, 3.05) is 5.32 Å². The van der Waals surface area contributed by atoms with Crippen LogP contribution in [0.4, 0.5) is 11.6 Å². The molecule has 1 aliphatic rings. The van der Waals surface area contributed by atoms with E-state index in [0.29, 0.717) is 17.4 Å². The summed E-state index contributed by atoms with van der Waals surface area (Å²) in [6.07, 6.45) is 10.5. The van der Waals surface area contributed by atoms with Crippen molar-refractivity contribution in [2.24, 2.45) is 5.92 Å². The fourth-order valence-electron chi connectivity index (χ4n) is 3.49. The molecular formula is C21H17N9O. The lowest BCUT2D eigenvalue weighted by Crippen LogP contribution is -2.11. The van der Waals surface area contributed by atoms with Crippen LogP contribution < -0.4 is 10.9 Å². The summed E-state index contributed by atoms with van der Waals surface area (Å²) in [4.78, 5) is 29.5. The predicted octanol–water partition coefficient (Wildman–Crippen LogP) is 2.44. The van der Waals surface area contributed by atoms with E-state index in [1.807, 2.05) is 35.1 Å². The van der Waals surface area contributed by atoms with Crippen molar-refractivity contribution < 1.29 is 0 Å². The Kier molecular flexibility index (Phi) is 3.95. The molecule has 10 heteroatoms. The van der Waals surface area contributed by atoms with Gasteiger partial charge in [-0.1, -0.05) is 12.1 Å². The summed E-state index contributed by atoms with van der Waals surface area (Å²) in [5, 5.41) is 13.0. The molecule has 1 aromatic carbocycles. The highest BCUT2D eigenvalue weighted by Crippen LogP contribution is 2.31. The Morgan fingerprint density at radius 1 is 1.10 bits per heavy atom. The number of aromatic nitrogens is 8. The molecule has 4 aromatic heterocycles. The first-order valence-electron chi connectivity index (χ1n) is 10.0. The molecule has 1 N–H and O–H groups in total. The lowest BCUT2D eigenvalue weighted by molar-refractivity contribution is 0.563. The Bertz CT molecular complexity index is 1490. The summed E-state index contributed by atoms with van der Waals surface area (Å²) in [6.45, 7) is 0.919. The molecule has 4 heterocycles. The first-order valence-corrected chi connectivity index (χ1v) is 10.0. The molecule has 1 aliphatic carbocycles. The van der Waals surface area contributed by atoms with Crippen molar-refractivity contribution in [1.82, 2.24) is 39.3 Å². The molecule has 0 atom stereocenters. The average molecular weight is 411 g/mol. The van der Waals surface area contributed by atoms with Crippen LogP contribution in [0.2, 0.25) is 0 Å². The summed E-state index contributed by atoms with van der Waals surface area (Å²) in [6, 6.07) is 7.67. The van der Waals surface area contributed by atoms with Crippen LogP contribution in [0.15, 0.2) is 60.0 Å². The van der Waals surface area contributed by atoms with Gasteiger partial charge in [-0.25, -0.2) is 15.0 Å². The van der Waals surface area contributed by atoms with E-state index in [1.165, 1.54) is 31.4 Å². The zero-order chi connectivity index (χ0) is 20.8. The summed E-state index contributed by atoms with van der Waals surface area (Å²) in [7, 11) is 0. The molecule has 0 spiro atoms. The highest BCUT2D eigenvalue weighted by molar-refractivity contribution is 5.93. The Balaban J connectivity index is 1.50. The summed E-state index contributed by atoms with van der Waals surface area (Å²) in [5.41, 5.74) is 1.95. The number of hydrogen-bond donors (Lipinski definition) is 1. The number of anilines is 2. The quantitative estimate of drug-likeness (QED) is 0.469. The van der Waals surface area contributed by atoms with Gasteiger partial charge >= 0.3 is 0 Å². The number of benzene rings is 1. The van der Waals surface area contributed by atoms with Crippen LogP contribution in [0.5, 0.6) is 0 Å². The Labute approximate surface area is 175 Å². The number of hydrogen-bond acceptors (Lipinski definition) is 8. The van der Waals surface area contributed by atoms with Gasteiger partial charge in [-0.2, -0.15) is 9.61 Å². The van der Waals surface area contributed by atoms with Crippen molar-refractivity contribution in [3.05, 3.63) is 65.6 Å². The first kappa shape index (κ1) is 17.6. The minimum absolute atomic E-state index is 0.198. The first-order chi connectivity index (χ1) is 15.2. The highest BCUT2D eigenvalue weighted by atomic mass is 16.1. The molecule has 5 aromatic rings. The van der Waals surface area contributed by atoms with Crippen LogP contribution >= 0.6 is 0 Å². The van der Waals surface area contributed by atoms with Crippen LogP contribution in [-0.4, -0.2) is 39.3 Å². The minimum atomic E-state index is -0.442. The second-order valence-electron chi connectivity index (χ2n) is 7.57. The Morgan fingerprint density at radius 2 is 2.00 bits per heavy atom. The normalized spacial score (nSPS) is 13.7. The van der Waals surface area contributed by atoms with Crippen molar-refractivity contribution in [3.8, 4) is 11.4 Å². The monoisotopic (exact) mass is 411 g/mol. The summed E-state index contributed by atoms with van der Waals surface area (Å²) < 4.78 is 3.54. The third kappa shape index (κ3) is 3.27. The van der Waals surface area contributed by atoms with E-state index in [0.717, 1.165) is 28.9 Å². The third-order valence-electron chi connectivity index (χ3n) is 5.24. The van der Waals surface area contributed by atoms with Crippen molar-refractivity contribution >= 4 is 28.2 Å². The van der Waals surface area contributed by atoms with Gasteiger partial charge in [-0.3, -0.25) is 14.5 Å². The molecule has 0 radical (unpaired) electrons. The van der Waals surface area contributed by atoms with Crippen molar-refractivity contribution in [2.45, 2.75) is 19.4 Å². The number of para-hydroxylation sites is 1. The maximum atomic E-state index is 12.2. The fraction of sp³-hybridized carbons (Fsp3) is 0.190. The molecular weight excluding hydrogens is 394 g/mol. The number of nitrogens with one attached hydrogen (secondary N) is 1. The third-order valence-corrected chi connectivity index (χ3v) is 5.24. The highest BCUT2D eigenvalue weighted by Gasteiger charge is 2.22. The lowest BCUT2D eigenvalue weighted by Gasteiger charge is -2.07. The van der Waals surface area contributed by atoms with E-state index in [2.05, 4.69) is 30.5 Å². The standard InChI is InChI=1S/C21H17N9O/c31-20-17(10-22-7-8-23-20)26-21-25-16-4-2-1-3-15(16)19-27-18(28-30(19)21)14-9-24-29(12-14)11-13-5-6-13/h1-4,7-10,12-13H,5-6,11H2,(H,23,25,26,31). The van der Waals surface area contributed by atoms with Gasteiger partial charge in [-0.15, -0.1) is 5.10 Å². The molecule has 0 saturated heterocycles. The van der Waals surface area contributed by atoms with Gasteiger partial charge in [0.15, 0.2) is 11.5 Å². The van der Waals surface area contributed by atoms with E-state index in [4.69, 9.17) is 4.98 Å². The van der Waals surface area contributed by atoms with E-state index in [1.54, 1.807) is 10.7 Å². The predicted molar refractivity (Wildman–Crippen MR) is 114 cm³/mol. The molecule has 0 bridgehead atoms. The maximum absolute atomic E-state index is 12.2. The maximum Gasteiger partial charge on any atom is 0.295 e. The Morgan fingerprint density at radius 3 is 2.90 bits per heavy atom. The molecule has 152 valence electrons. The van der Waals surface area contributed by atoms with Gasteiger partial charge in [0, 0.05) is 30.5 Å². The second-order valence-corrected chi connectivity index (χ2v) is 7.57. The molecule has 1 saturated carbocycles. The van der Waals surface area contributed by atoms with E-state index < -0.39 is 5.56 Å². The van der Waals surface area contributed by atoms with Crippen molar-refractivity contribution in [1.29, 1.82) is 0 Å². The molecule has 0 aliphatic heterocycles. The van der Waals surface area contributed by atoms with Crippen LogP contribution in [0.3, 0.4) is 0 Å². The van der Waals surface area contributed by atoms with Crippen LogP contribution in [0.25, 0.3) is 27.9 Å². The van der Waals surface area contributed by atoms with Gasteiger partial charge < -0.3 is 5.32 Å². The largest absolute Gasteiger partial charge is 0.318 e. The van der Waals surface area contributed by atoms with Crippen molar-refractivity contribution in [3.63, 3.8) is 0 Å². The van der Waals surface area contributed by atoms with Gasteiger partial charge in [0.05, 0.1) is 23.5 Å². The van der Waals surface area contributed by atoms with Gasteiger partial charge in [-0.05, 0) is 30.9 Å². The Hall–Kier alpha value is -4.21. The number of nitrogens with zero attached hydrogens (tertiary/aromatic N) is 8. The lowest BCUT2D eigenvalue weighted by atomic mass is 10.2. The van der Waals surface area contributed by atoms with Crippen LogP contribution in [0.1, 0.15) is 12.8 Å². The zero-order valence-corrected chi connectivity index (χ0v) is 16.4. The van der Waals surface area contributed by atoms with Crippen LogP contribution in [-0.2, 0) is 6.54 Å². The second kappa shape index (κ2) is 6.94. The number of rotatable bonds is 5. The fourth-order valence-corrected chi connectivity index (χ4v) is 3.49. The van der Waals surface area contributed by atoms with E-state index in [9.17, 15) is 4.79 Å². The molecule has 10 nitrogen and oxygen atoms in total. The van der Waals surface area contributed by atoms with Crippen LogP contribution in [0, 0.1) is 5.92 Å². The molecule has 6 rings (SSSR count). The van der Waals surface area contributed by atoms with Gasteiger partial charge in [0.2, 0.25) is 5.95 Å². The number of fused-ring (bicyclic) bond motifs is 3. The molecule has 31 heavy (non-hydrogen) atoms. The summed E-state index contributed by atoms with van der Waals surface area (Å²) >= 11 is 0. The molecule has 1 fully saturated rings. The zero-order valence-electron chi connectivity index (χ0n) is 16.4. The molecule has 0 unspecified atom stereocenters. The SMILES string of the molecule is O=c1nccncc1Nc1nc2ccccc2c2nc(-c3cnn(CC4CC4)c3)nn12. The topological polar surface area (TPSA) is 116 Å². The summed E-state index contributed by atoms with van der Waals surface area (Å²) in [5.74, 6) is 1.62. The average Bonchev–Trinajstić information content (AvgIpc) is 3.34. The smallest absolute Gasteiger partial charge is 0.295 e.